The molecule has 0 bridgehead atoms. The largest absolute Gasteiger partial charge is 0.505 e. The fourth-order valence-corrected chi connectivity index (χ4v) is 4.09. The predicted molar refractivity (Wildman–Crippen MR) is 113 cm³/mol. The molecule has 1 saturated heterocycles. The van der Waals surface area contributed by atoms with E-state index in [0.717, 1.165) is 5.56 Å². The number of pyridine rings is 1. The summed E-state index contributed by atoms with van der Waals surface area (Å²) in [5.41, 5.74) is 1.40. The van der Waals surface area contributed by atoms with Crippen LogP contribution in [0, 0.1) is 5.82 Å². The summed E-state index contributed by atoms with van der Waals surface area (Å²) in [5, 5.41) is 22.9. The number of ether oxygens (including phenoxy) is 1. The highest BCUT2D eigenvalue weighted by Crippen LogP contribution is 2.42. The van der Waals surface area contributed by atoms with Gasteiger partial charge in [0, 0.05) is 36.3 Å². The molecular weight excluding hydrogens is 401 g/mol. The molecule has 0 atom stereocenters. The number of amides is 1. The van der Waals surface area contributed by atoms with Crippen LogP contribution in [0.2, 0.25) is 0 Å². The van der Waals surface area contributed by atoms with Crippen LogP contribution in [0.4, 0.5) is 4.39 Å². The molecule has 4 aromatic rings. The molecule has 0 radical (unpaired) electrons. The first-order chi connectivity index (χ1) is 15.0. The van der Waals surface area contributed by atoms with Crippen LogP contribution in [0.25, 0.3) is 21.7 Å². The summed E-state index contributed by atoms with van der Waals surface area (Å²) in [4.78, 5) is 19.4. The van der Waals surface area contributed by atoms with Crippen molar-refractivity contribution in [3.05, 3.63) is 65.7 Å². The van der Waals surface area contributed by atoms with Crippen LogP contribution < -0.4 is 0 Å². The number of benzene rings is 2. The SMILES string of the molecule is O=C(c1c2cccnc2c(O)c2c(O)n(Cc3ccc(F)cc3)cc12)N1CCOCC1. The smallest absolute Gasteiger partial charge is 0.255 e. The zero-order valence-electron chi connectivity index (χ0n) is 16.6. The van der Waals surface area contributed by atoms with Crippen molar-refractivity contribution in [2.24, 2.45) is 0 Å². The van der Waals surface area contributed by atoms with Gasteiger partial charge in [0.2, 0.25) is 5.88 Å². The van der Waals surface area contributed by atoms with E-state index in [0.29, 0.717) is 42.6 Å². The normalized spacial score (nSPS) is 14.4. The summed E-state index contributed by atoms with van der Waals surface area (Å²) < 4.78 is 20.2. The minimum atomic E-state index is -0.348. The van der Waals surface area contributed by atoms with Crippen LogP contribution in [0.15, 0.2) is 48.8 Å². The minimum Gasteiger partial charge on any atom is -0.505 e. The quantitative estimate of drug-likeness (QED) is 0.530. The van der Waals surface area contributed by atoms with Crippen LogP contribution in [0.1, 0.15) is 15.9 Å². The molecule has 1 aliphatic heterocycles. The summed E-state index contributed by atoms with van der Waals surface area (Å²) in [6.07, 6.45) is 3.18. The molecule has 1 aliphatic rings. The van der Waals surface area contributed by atoms with Gasteiger partial charge in [0.1, 0.15) is 11.3 Å². The van der Waals surface area contributed by atoms with E-state index in [4.69, 9.17) is 4.74 Å². The summed E-state index contributed by atoms with van der Waals surface area (Å²) in [7, 11) is 0. The number of hydrogen-bond donors (Lipinski definition) is 2. The molecule has 158 valence electrons. The number of phenols is 1. The number of nitrogens with zero attached hydrogens (tertiary/aromatic N) is 3. The number of halogens is 1. The molecule has 0 aliphatic carbocycles. The van der Waals surface area contributed by atoms with Crippen molar-refractivity contribution in [3.63, 3.8) is 0 Å². The second-order valence-corrected chi connectivity index (χ2v) is 7.52. The topological polar surface area (TPSA) is 87.8 Å². The van der Waals surface area contributed by atoms with Crippen molar-refractivity contribution in [2.45, 2.75) is 6.54 Å². The number of fused-ring (bicyclic) bond motifs is 2. The lowest BCUT2D eigenvalue weighted by Crippen LogP contribution is -2.40. The first-order valence-corrected chi connectivity index (χ1v) is 9.97. The van der Waals surface area contributed by atoms with Gasteiger partial charge in [-0.05, 0) is 23.8 Å². The average Bonchev–Trinajstić information content (AvgIpc) is 3.12. The van der Waals surface area contributed by atoms with Crippen molar-refractivity contribution in [3.8, 4) is 11.6 Å². The van der Waals surface area contributed by atoms with Gasteiger partial charge in [-0.25, -0.2) is 4.39 Å². The van der Waals surface area contributed by atoms with Crippen LogP contribution in [0.5, 0.6) is 11.6 Å². The van der Waals surface area contributed by atoms with Crippen molar-refractivity contribution in [2.75, 3.05) is 26.3 Å². The lowest BCUT2D eigenvalue weighted by molar-refractivity contribution is 0.0305. The molecule has 2 aromatic carbocycles. The molecule has 2 N–H and O–H groups in total. The second kappa shape index (κ2) is 7.55. The highest BCUT2D eigenvalue weighted by molar-refractivity contribution is 6.21. The van der Waals surface area contributed by atoms with Gasteiger partial charge < -0.3 is 24.4 Å². The van der Waals surface area contributed by atoms with Gasteiger partial charge in [0.25, 0.3) is 5.91 Å². The van der Waals surface area contributed by atoms with Crippen molar-refractivity contribution < 1.29 is 24.1 Å². The van der Waals surface area contributed by atoms with Gasteiger partial charge >= 0.3 is 0 Å². The maximum Gasteiger partial charge on any atom is 0.255 e. The van der Waals surface area contributed by atoms with E-state index >= 15 is 0 Å². The average molecular weight is 421 g/mol. The Bertz CT molecular complexity index is 1290. The molecule has 31 heavy (non-hydrogen) atoms. The highest BCUT2D eigenvalue weighted by Gasteiger charge is 2.28. The number of morpholine rings is 1. The molecule has 0 saturated carbocycles. The predicted octanol–water partition coefficient (Wildman–Crippen LogP) is 3.26. The Morgan fingerprint density at radius 3 is 2.58 bits per heavy atom. The van der Waals surface area contributed by atoms with Crippen LogP contribution in [-0.2, 0) is 11.3 Å². The maximum atomic E-state index is 13.5. The Kier molecular flexibility index (Phi) is 4.71. The molecular formula is C23H20FN3O4. The molecule has 7 nitrogen and oxygen atoms in total. The monoisotopic (exact) mass is 421 g/mol. The molecule has 5 rings (SSSR count). The van der Waals surface area contributed by atoms with Gasteiger partial charge in [0.05, 0.1) is 30.7 Å². The molecule has 3 heterocycles. The molecule has 1 amide bonds. The van der Waals surface area contributed by atoms with Crippen LogP contribution in [-0.4, -0.2) is 56.9 Å². The van der Waals surface area contributed by atoms with Gasteiger partial charge in [-0.2, -0.15) is 0 Å². The van der Waals surface area contributed by atoms with Crippen molar-refractivity contribution >= 4 is 27.6 Å². The summed E-state index contributed by atoms with van der Waals surface area (Å²) in [5.74, 6) is -0.913. The van der Waals surface area contributed by atoms with Crippen molar-refractivity contribution in [1.29, 1.82) is 0 Å². The Hall–Kier alpha value is -3.65. The van der Waals surface area contributed by atoms with Crippen LogP contribution >= 0.6 is 0 Å². The Morgan fingerprint density at radius 2 is 1.84 bits per heavy atom. The number of rotatable bonds is 3. The summed E-state index contributed by atoms with van der Waals surface area (Å²) in [6.45, 7) is 2.09. The number of aromatic hydroxyl groups is 2. The van der Waals surface area contributed by atoms with Gasteiger partial charge in [-0.15, -0.1) is 0 Å². The van der Waals surface area contributed by atoms with Crippen LogP contribution in [0.3, 0.4) is 0 Å². The van der Waals surface area contributed by atoms with E-state index in [-0.39, 0.29) is 40.8 Å². The zero-order chi connectivity index (χ0) is 21.5. The van der Waals surface area contributed by atoms with E-state index in [2.05, 4.69) is 4.98 Å². The molecule has 2 aromatic heterocycles. The van der Waals surface area contributed by atoms with E-state index in [1.54, 1.807) is 35.4 Å². The summed E-state index contributed by atoms with van der Waals surface area (Å²) >= 11 is 0. The fourth-order valence-electron chi connectivity index (χ4n) is 4.09. The Labute approximate surface area is 176 Å². The first-order valence-electron chi connectivity index (χ1n) is 9.97. The van der Waals surface area contributed by atoms with Gasteiger partial charge in [-0.3, -0.25) is 9.78 Å². The van der Waals surface area contributed by atoms with E-state index in [9.17, 15) is 19.4 Å². The second-order valence-electron chi connectivity index (χ2n) is 7.52. The van der Waals surface area contributed by atoms with E-state index < -0.39 is 0 Å². The first kappa shape index (κ1) is 19.3. The molecule has 0 spiro atoms. The molecule has 0 unspecified atom stereocenters. The van der Waals surface area contributed by atoms with Gasteiger partial charge in [-0.1, -0.05) is 18.2 Å². The third-order valence-corrected chi connectivity index (χ3v) is 5.64. The number of carbonyl (C=O) groups excluding carboxylic acids is 1. The number of aromatic nitrogens is 2. The van der Waals surface area contributed by atoms with E-state index in [1.807, 2.05) is 0 Å². The lowest BCUT2D eigenvalue weighted by atomic mass is 10.00. The van der Waals surface area contributed by atoms with E-state index in [1.165, 1.54) is 22.9 Å². The lowest BCUT2D eigenvalue weighted by Gasteiger charge is -2.27. The number of carbonyl (C=O) groups is 1. The van der Waals surface area contributed by atoms with Crippen molar-refractivity contribution in [1.82, 2.24) is 14.5 Å². The molecule has 8 heteroatoms. The highest BCUT2D eigenvalue weighted by atomic mass is 19.1. The number of hydrogen-bond acceptors (Lipinski definition) is 5. The Balaban J connectivity index is 1.72. The molecule has 1 fully saturated rings. The third kappa shape index (κ3) is 3.25. The van der Waals surface area contributed by atoms with Gasteiger partial charge in [0.15, 0.2) is 5.75 Å². The summed E-state index contributed by atoms with van der Waals surface area (Å²) in [6, 6.07) is 9.38. The third-order valence-electron chi connectivity index (χ3n) is 5.64. The maximum absolute atomic E-state index is 13.5. The standard InChI is InChI=1S/C23H20FN3O4/c24-15-5-3-14(4-6-15)12-27-13-17-18(22(29)26-8-10-31-11-9-26)16-2-1-7-25-20(16)21(28)19(17)23(27)30/h1-7,13,28,30H,8-12H2. The fraction of sp³-hybridized carbons (Fsp3) is 0.217. The Morgan fingerprint density at radius 1 is 1.10 bits per heavy atom. The number of phenolic OH excluding ortho intramolecular Hbond substituents is 1. The zero-order valence-corrected chi connectivity index (χ0v) is 16.6. The minimum absolute atomic E-state index is 0.171.